The minimum absolute atomic E-state index is 0.312. The highest BCUT2D eigenvalue weighted by atomic mass is 32.2. The first kappa shape index (κ1) is 6.35. The first-order valence-corrected chi connectivity index (χ1v) is 3.57. The van der Waals surface area contributed by atoms with Gasteiger partial charge in [0, 0.05) is 12.3 Å². The highest BCUT2D eigenvalue weighted by molar-refractivity contribution is 7.99. The predicted molar refractivity (Wildman–Crippen MR) is 31.5 cm³/mol. The number of hydrogen-bond donors (Lipinski definition) is 2. The summed E-state index contributed by atoms with van der Waals surface area (Å²) in [5, 5.41) is 21.0. The molecule has 47 valence electrons. The fraction of sp³-hybridized carbons (Fsp3) is 1.00. The van der Waals surface area contributed by atoms with Crippen molar-refractivity contribution in [3.8, 4) is 0 Å². The van der Waals surface area contributed by atoms with Gasteiger partial charge in [-0.15, -0.1) is 0 Å². The minimum Gasteiger partial charge on any atom is -0.352 e. The van der Waals surface area contributed by atoms with Crippen molar-refractivity contribution in [2.75, 3.05) is 18.1 Å². The van der Waals surface area contributed by atoms with E-state index in [2.05, 4.69) is 5.32 Å². The summed E-state index contributed by atoms with van der Waals surface area (Å²) >= 11 is 1.51. The van der Waals surface area contributed by atoms with Gasteiger partial charge in [0.05, 0.1) is 5.75 Å². The quantitative estimate of drug-likeness (QED) is 0.417. The Bertz CT molecular complexity index is 78.1. The summed E-state index contributed by atoms with van der Waals surface area (Å²) in [5.41, 5.74) is 0. The number of aliphatic hydroxyl groups is 2. The maximum absolute atomic E-state index is 8.74. The van der Waals surface area contributed by atoms with Crippen LogP contribution in [0.25, 0.3) is 0 Å². The Morgan fingerprint density at radius 1 is 1.50 bits per heavy atom. The van der Waals surface area contributed by atoms with E-state index in [1.165, 1.54) is 11.8 Å². The lowest BCUT2D eigenvalue weighted by Gasteiger charge is -2.24. The molecule has 8 heavy (non-hydrogen) atoms. The monoisotopic (exact) mass is 134 g/mol. The highest BCUT2D eigenvalue weighted by Gasteiger charge is 2.26. The molecule has 0 saturated carbocycles. The lowest BCUT2D eigenvalue weighted by molar-refractivity contribution is -0.168. The number of rotatable bonds is 0. The maximum atomic E-state index is 8.74. The zero-order valence-electron chi connectivity index (χ0n) is 4.37. The number of hydrogen-bond acceptors (Lipinski definition) is 3. The van der Waals surface area contributed by atoms with Crippen molar-refractivity contribution in [2.45, 2.75) is 5.91 Å². The third kappa shape index (κ3) is 1.63. The van der Waals surface area contributed by atoms with E-state index in [1.807, 2.05) is 0 Å². The molecule has 4 heteroatoms. The van der Waals surface area contributed by atoms with Gasteiger partial charge >= 0.3 is 0 Å². The molecule has 3 nitrogen and oxygen atoms in total. The molecule has 0 bridgehead atoms. The first-order chi connectivity index (χ1) is 3.71. The van der Waals surface area contributed by atoms with Crippen LogP contribution in [-0.2, 0) is 0 Å². The van der Waals surface area contributed by atoms with Crippen molar-refractivity contribution in [3.05, 3.63) is 0 Å². The van der Waals surface area contributed by atoms with E-state index in [1.54, 1.807) is 0 Å². The second-order valence-electron chi connectivity index (χ2n) is 1.71. The summed E-state index contributed by atoms with van der Waals surface area (Å²) in [5.74, 6) is -0.515. The largest absolute Gasteiger partial charge is 0.352 e. The molecule has 0 amide bonds. The molecule has 1 aliphatic rings. The fourth-order valence-corrected chi connectivity index (χ4v) is 1.27. The highest BCUT2D eigenvalue weighted by Crippen LogP contribution is 2.13. The molecule has 0 spiro atoms. The van der Waals surface area contributed by atoms with Gasteiger partial charge < -0.3 is 10.2 Å². The molecule has 2 N–H and O–H groups in total. The molecule has 0 unspecified atom stereocenters. The fourth-order valence-electron chi connectivity index (χ4n) is 0.544. The Morgan fingerprint density at radius 3 is 2.50 bits per heavy atom. The predicted octanol–water partition coefficient (Wildman–Crippen LogP) is -1.02. The Morgan fingerprint density at radius 2 is 2.25 bits per heavy atom. The summed E-state index contributed by atoms with van der Waals surface area (Å²) in [6, 6.07) is 0. The van der Waals surface area contributed by atoms with Crippen molar-refractivity contribution >= 4 is 11.8 Å². The van der Waals surface area contributed by atoms with Crippen LogP contribution in [0.15, 0.2) is 0 Å². The molecule has 0 aromatic heterocycles. The van der Waals surface area contributed by atoms with Gasteiger partial charge in [-0.25, -0.2) is 0 Å². The van der Waals surface area contributed by atoms with Gasteiger partial charge in [-0.05, 0) is 0 Å². The molecule has 0 aromatic carbocycles. The van der Waals surface area contributed by atoms with Crippen molar-refractivity contribution < 1.29 is 10.2 Å². The van der Waals surface area contributed by atoms with Crippen molar-refractivity contribution in [1.29, 1.82) is 0 Å². The van der Waals surface area contributed by atoms with Crippen LogP contribution in [0.3, 0.4) is 0 Å². The van der Waals surface area contributed by atoms with Crippen LogP contribution in [-0.4, -0.2) is 34.2 Å². The van der Waals surface area contributed by atoms with Crippen LogP contribution in [0, 0.1) is 0 Å². The lowest BCUT2D eigenvalue weighted by Crippen LogP contribution is -2.46. The Kier molecular flexibility index (Phi) is 1.77. The van der Waals surface area contributed by atoms with Gasteiger partial charge in [-0.3, -0.25) is 0 Å². The molecule has 1 aliphatic heterocycles. The second kappa shape index (κ2) is 2.23. The standard InChI is InChI=1S/C4H8NO2S/c6-4(7)3-8-2-1-5-4/h6-7H,1-3H2. The van der Waals surface area contributed by atoms with Crippen LogP contribution in [0.4, 0.5) is 0 Å². The molecule has 1 radical (unpaired) electrons. The van der Waals surface area contributed by atoms with Gasteiger partial charge in [-0.1, -0.05) is 0 Å². The van der Waals surface area contributed by atoms with Crippen LogP contribution in [0.5, 0.6) is 0 Å². The summed E-state index contributed by atoms with van der Waals surface area (Å²) in [7, 11) is 0. The van der Waals surface area contributed by atoms with Gasteiger partial charge in [0.2, 0.25) is 5.91 Å². The summed E-state index contributed by atoms with van der Waals surface area (Å²) < 4.78 is 0. The van der Waals surface area contributed by atoms with Gasteiger partial charge in [0.15, 0.2) is 0 Å². The molecule has 0 aromatic rings. The SMILES string of the molecule is OC1(O)CSCC[N]1. The molecule has 1 rings (SSSR count). The third-order valence-corrected chi connectivity index (χ3v) is 1.96. The lowest BCUT2D eigenvalue weighted by atomic mass is 10.5. The van der Waals surface area contributed by atoms with Crippen molar-refractivity contribution in [3.63, 3.8) is 0 Å². The maximum Gasteiger partial charge on any atom is 0.247 e. The average molecular weight is 134 g/mol. The summed E-state index contributed by atoms with van der Waals surface area (Å²) in [6.07, 6.45) is 0. The summed E-state index contributed by atoms with van der Waals surface area (Å²) in [6.45, 7) is 0.553. The molecule has 0 aliphatic carbocycles. The Labute approximate surface area is 52.1 Å². The van der Waals surface area contributed by atoms with Crippen molar-refractivity contribution in [2.24, 2.45) is 0 Å². The van der Waals surface area contributed by atoms with E-state index < -0.39 is 5.91 Å². The van der Waals surface area contributed by atoms with Crippen LogP contribution < -0.4 is 5.32 Å². The molecule has 0 atom stereocenters. The second-order valence-corrected chi connectivity index (χ2v) is 2.81. The zero-order chi connectivity index (χ0) is 6.04. The topological polar surface area (TPSA) is 54.6 Å². The van der Waals surface area contributed by atoms with Crippen molar-refractivity contribution in [1.82, 2.24) is 5.32 Å². The minimum atomic E-state index is -1.73. The normalized spacial score (nSPS) is 27.8. The van der Waals surface area contributed by atoms with Gasteiger partial charge in [-0.2, -0.15) is 17.1 Å². The molecular weight excluding hydrogens is 126 g/mol. The van der Waals surface area contributed by atoms with Crippen LogP contribution >= 0.6 is 11.8 Å². The van der Waals surface area contributed by atoms with E-state index in [-0.39, 0.29) is 0 Å². The van der Waals surface area contributed by atoms with Crippen LogP contribution in [0.1, 0.15) is 0 Å². The van der Waals surface area contributed by atoms with E-state index in [9.17, 15) is 0 Å². The average Bonchev–Trinajstić information content (AvgIpc) is 1.65. The number of nitrogens with zero attached hydrogens (tertiary/aromatic N) is 1. The molecule has 1 heterocycles. The Balaban J connectivity index is 2.33. The van der Waals surface area contributed by atoms with Crippen LogP contribution in [0.2, 0.25) is 0 Å². The van der Waals surface area contributed by atoms with E-state index >= 15 is 0 Å². The van der Waals surface area contributed by atoms with E-state index in [4.69, 9.17) is 10.2 Å². The summed E-state index contributed by atoms with van der Waals surface area (Å²) in [4.78, 5) is 0. The molecule has 1 saturated heterocycles. The first-order valence-electron chi connectivity index (χ1n) is 2.42. The molecular formula is C4H8NO2S. The number of thioether (sulfide) groups is 1. The third-order valence-electron chi connectivity index (χ3n) is 0.896. The van der Waals surface area contributed by atoms with E-state index in [0.29, 0.717) is 12.3 Å². The smallest absolute Gasteiger partial charge is 0.247 e. The van der Waals surface area contributed by atoms with Gasteiger partial charge in [0.25, 0.3) is 0 Å². The van der Waals surface area contributed by atoms with E-state index in [0.717, 1.165) is 5.75 Å². The zero-order valence-corrected chi connectivity index (χ0v) is 5.19. The van der Waals surface area contributed by atoms with Gasteiger partial charge in [0.1, 0.15) is 0 Å². The Hall–Kier alpha value is 0.230. The molecule has 1 fully saturated rings.